The second kappa shape index (κ2) is 6.07. The van der Waals surface area contributed by atoms with Gasteiger partial charge >= 0.3 is 0 Å². The lowest BCUT2D eigenvalue weighted by Gasteiger charge is -2.13. The maximum absolute atomic E-state index is 10.5. The summed E-state index contributed by atoms with van der Waals surface area (Å²) in [4.78, 5) is 0. The molecular formula is C17H22O2. The van der Waals surface area contributed by atoms with E-state index >= 15 is 0 Å². The topological polar surface area (TPSA) is 33.4 Å². The molecule has 1 atom stereocenters. The van der Waals surface area contributed by atoms with E-state index in [1.807, 2.05) is 25.1 Å². The summed E-state index contributed by atoms with van der Waals surface area (Å²) in [7, 11) is 0. The first kappa shape index (κ1) is 13.9. The Morgan fingerprint density at radius 2 is 2.00 bits per heavy atom. The van der Waals surface area contributed by atoms with Crippen LogP contribution in [0, 0.1) is 5.92 Å². The van der Waals surface area contributed by atoms with Gasteiger partial charge in [-0.05, 0) is 29.5 Å². The Kier molecular flexibility index (Phi) is 4.43. The lowest BCUT2D eigenvalue weighted by molar-refractivity contribution is 0.217. The van der Waals surface area contributed by atoms with Gasteiger partial charge < -0.3 is 9.52 Å². The first-order chi connectivity index (χ1) is 9.11. The van der Waals surface area contributed by atoms with Gasteiger partial charge in [0.2, 0.25) is 0 Å². The Bertz CT molecular complexity index is 526. The van der Waals surface area contributed by atoms with E-state index in [-0.39, 0.29) is 0 Å². The second-order valence-electron chi connectivity index (χ2n) is 5.40. The third-order valence-corrected chi connectivity index (χ3v) is 3.31. The Morgan fingerprint density at radius 1 is 1.21 bits per heavy atom. The van der Waals surface area contributed by atoms with Crippen molar-refractivity contribution < 1.29 is 9.52 Å². The van der Waals surface area contributed by atoms with Crippen molar-refractivity contribution in [2.45, 2.75) is 39.7 Å². The van der Waals surface area contributed by atoms with Gasteiger partial charge in [-0.1, -0.05) is 45.0 Å². The Balaban J connectivity index is 2.26. The van der Waals surface area contributed by atoms with Crippen molar-refractivity contribution in [3.63, 3.8) is 0 Å². The lowest BCUT2D eigenvalue weighted by atomic mass is 9.96. The molecule has 0 fully saturated rings. The highest BCUT2D eigenvalue weighted by atomic mass is 16.3. The molecule has 0 aliphatic rings. The van der Waals surface area contributed by atoms with Gasteiger partial charge in [-0.15, -0.1) is 0 Å². The zero-order valence-corrected chi connectivity index (χ0v) is 11.9. The molecule has 0 bridgehead atoms. The van der Waals surface area contributed by atoms with E-state index in [1.54, 1.807) is 6.26 Å². The number of hydrogen-bond acceptors (Lipinski definition) is 2. The number of aliphatic hydroxyl groups is 1. The van der Waals surface area contributed by atoms with E-state index < -0.39 is 6.10 Å². The average Bonchev–Trinajstić information content (AvgIpc) is 2.85. The third-order valence-electron chi connectivity index (χ3n) is 3.31. The van der Waals surface area contributed by atoms with Crippen LogP contribution in [-0.4, -0.2) is 5.11 Å². The molecule has 1 heterocycles. The smallest absolute Gasteiger partial charge is 0.109 e. The van der Waals surface area contributed by atoms with Gasteiger partial charge in [0.15, 0.2) is 0 Å². The molecule has 102 valence electrons. The molecule has 2 rings (SSSR count). The van der Waals surface area contributed by atoms with E-state index in [2.05, 4.69) is 26.0 Å². The van der Waals surface area contributed by atoms with Crippen molar-refractivity contribution in [2.24, 2.45) is 5.92 Å². The van der Waals surface area contributed by atoms with Crippen molar-refractivity contribution in [2.75, 3.05) is 0 Å². The minimum Gasteiger partial charge on any atom is -0.469 e. The number of aliphatic hydroxyl groups excluding tert-OH is 1. The maximum atomic E-state index is 10.5. The Hall–Kier alpha value is -1.54. The van der Waals surface area contributed by atoms with Gasteiger partial charge in [0.05, 0.1) is 6.26 Å². The number of hydrogen-bond donors (Lipinski definition) is 1. The molecule has 0 radical (unpaired) electrons. The quantitative estimate of drug-likeness (QED) is 0.875. The SMILES string of the molecule is CCc1occc1C(O)c1cccc(CC(C)C)c1. The average molecular weight is 258 g/mol. The molecule has 1 unspecified atom stereocenters. The van der Waals surface area contributed by atoms with Crippen molar-refractivity contribution in [1.29, 1.82) is 0 Å². The molecule has 1 N–H and O–H groups in total. The van der Waals surface area contributed by atoms with E-state index in [0.29, 0.717) is 5.92 Å². The van der Waals surface area contributed by atoms with Gasteiger partial charge in [-0.2, -0.15) is 0 Å². The van der Waals surface area contributed by atoms with E-state index in [9.17, 15) is 5.11 Å². The molecule has 0 aliphatic carbocycles. The zero-order valence-electron chi connectivity index (χ0n) is 11.9. The fourth-order valence-corrected chi connectivity index (χ4v) is 2.42. The van der Waals surface area contributed by atoms with Gasteiger partial charge in [0, 0.05) is 12.0 Å². The molecule has 0 aliphatic heterocycles. The maximum Gasteiger partial charge on any atom is 0.109 e. The summed E-state index contributed by atoms with van der Waals surface area (Å²) in [6.45, 7) is 6.44. The predicted molar refractivity (Wildman–Crippen MR) is 77.1 cm³/mol. The summed E-state index contributed by atoms with van der Waals surface area (Å²) in [6.07, 6.45) is 2.88. The predicted octanol–water partition coefficient (Wildman–Crippen LogP) is 4.12. The van der Waals surface area contributed by atoms with Crippen LogP contribution in [-0.2, 0) is 12.8 Å². The first-order valence-corrected chi connectivity index (χ1v) is 6.95. The number of rotatable bonds is 5. The van der Waals surface area contributed by atoms with Gasteiger partial charge in [0.25, 0.3) is 0 Å². The minimum absolute atomic E-state index is 0.596. The first-order valence-electron chi connectivity index (χ1n) is 6.95. The summed E-state index contributed by atoms with van der Waals surface area (Å²) < 4.78 is 5.39. The fourth-order valence-electron chi connectivity index (χ4n) is 2.42. The van der Waals surface area contributed by atoms with Crippen LogP contribution >= 0.6 is 0 Å². The molecular weight excluding hydrogens is 236 g/mol. The molecule has 1 aromatic carbocycles. The largest absolute Gasteiger partial charge is 0.469 e. The van der Waals surface area contributed by atoms with Crippen LogP contribution < -0.4 is 0 Å². The zero-order chi connectivity index (χ0) is 13.8. The molecule has 1 aromatic heterocycles. The highest BCUT2D eigenvalue weighted by Gasteiger charge is 2.16. The van der Waals surface area contributed by atoms with E-state index in [4.69, 9.17) is 4.42 Å². The van der Waals surface area contributed by atoms with Crippen LogP contribution in [0.4, 0.5) is 0 Å². The summed E-state index contributed by atoms with van der Waals surface area (Å²) >= 11 is 0. The third kappa shape index (κ3) is 3.27. The molecule has 2 nitrogen and oxygen atoms in total. The standard InChI is InChI=1S/C17H22O2/c1-4-16-15(8-9-19-16)17(18)14-7-5-6-13(11-14)10-12(2)3/h5-9,11-12,17-18H,4,10H2,1-3H3. The Morgan fingerprint density at radius 3 is 2.68 bits per heavy atom. The summed E-state index contributed by atoms with van der Waals surface area (Å²) in [6, 6.07) is 10.1. The normalized spacial score (nSPS) is 12.9. The van der Waals surface area contributed by atoms with Crippen molar-refractivity contribution >= 4 is 0 Å². The van der Waals surface area contributed by atoms with Crippen LogP contribution in [0.1, 0.15) is 49.3 Å². The molecule has 2 aromatic rings. The molecule has 0 saturated carbocycles. The van der Waals surface area contributed by atoms with Crippen LogP contribution in [0.5, 0.6) is 0 Å². The molecule has 0 amide bonds. The fraction of sp³-hybridized carbons (Fsp3) is 0.412. The lowest BCUT2D eigenvalue weighted by Crippen LogP contribution is -2.03. The van der Waals surface area contributed by atoms with Gasteiger partial charge in [-0.3, -0.25) is 0 Å². The van der Waals surface area contributed by atoms with Crippen molar-refractivity contribution in [3.05, 3.63) is 59.0 Å². The number of aryl methyl sites for hydroxylation is 1. The summed E-state index contributed by atoms with van der Waals surface area (Å²) in [5, 5.41) is 10.5. The molecule has 0 saturated heterocycles. The van der Waals surface area contributed by atoms with Crippen molar-refractivity contribution in [3.8, 4) is 0 Å². The highest BCUT2D eigenvalue weighted by Crippen LogP contribution is 2.27. The summed E-state index contributed by atoms with van der Waals surface area (Å²) in [5.74, 6) is 1.48. The molecule has 2 heteroatoms. The molecule has 19 heavy (non-hydrogen) atoms. The monoisotopic (exact) mass is 258 g/mol. The van der Waals surface area contributed by atoms with E-state index in [0.717, 1.165) is 29.7 Å². The number of furan rings is 1. The van der Waals surface area contributed by atoms with Crippen LogP contribution in [0.3, 0.4) is 0 Å². The van der Waals surface area contributed by atoms with Crippen LogP contribution in [0.2, 0.25) is 0 Å². The van der Waals surface area contributed by atoms with Gasteiger partial charge in [-0.25, -0.2) is 0 Å². The highest BCUT2D eigenvalue weighted by molar-refractivity contribution is 5.34. The Labute approximate surface area is 115 Å². The van der Waals surface area contributed by atoms with Crippen LogP contribution in [0.15, 0.2) is 41.0 Å². The van der Waals surface area contributed by atoms with E-state index in [1.165, 1.54) is 5.56 Å². The number of benzene rings is 1. The van der Waals surface area contributed by atoms with Crippen molar-refractivity contribution in [1.82, 2.24) is 0 Å². The van der Waals surface area contributed by atoms with Crippen LogP contribution in [0.25, 0.3) is 0 Å². The minimum atomic E-state index is -0.596. The second-order valence-corrected chi connectivity index (χ2v) is 5.40. The summed E-state index contributed by atoms with van der Waals surface area (Å²) in [5.41, 5.74) is 3.09. The van der Waals surface area contributed by atoms with Gasteiger partial charge in [0.1, 0.15) is 11.9 Å². The molecule has 0 spiro atoms.